The van der Waals surface area contributed by atoms with Crippen LogP contribution in [0.1, 0.15) is 13.8 Å². The molecule has 16 heavy (non-hydrogen) atoms. The van der Waals surface area contributed by atoms with Crippen molar-refractivity contribution in [1.29, 1.82) is 0 Å². The first-order valence-electron chi connectivity index (χ1n) is 5.91. The Hall–Kier alpha value is -1.22. The lowest BCUT2D eigenvalue weighted by atomic mass is 10.1. The van der Waals surface area contributed by atoms with Crippen molar-refractivity contribution in [3.8, 4) is 0 Å². The van der Waals surface area contributed by atoms with Gasteiger partial charge in [0.05, 0.1) is 11.4 Å². The second-order valence-electron chi connectivity index (χ2n) is 4.83. The Morgan fingerprint density at radius 1 is 1.12 bits per heavy atom. The van der Waals surface area contributed by atoms with Crippen molar-refractivity contribution < 1.29 is 0 Å². The minimum Gasteiger partial charge on any atom is -0.397 e. The minimum atomic E-state index is 0.573. The van der Waals surface area contributed by atoms with Gasteiger partial charge in [0, 0.05) is 25.2 Å². The highest BCUT2D eigenvalue weighted by Crippen LogP contribution is 2.26. The summed E-state index contributed by atoms with van der Waals surface area (Å²) in [7, 11) is 2.20. The van der Waals surface area contributed by atoms with Gasteiger partial charge in [0.1, 0.15) is 0 Å². The van der Waals surface area contributed by atoms with E-state index in [1.807, 2.05) is 12.1 Å². The maximum absolute atomic E-state index is 6.02. The Balaban J connectivity index is 2.20. The van der Waals surface area contributed by atoms with E-state index in [-0.39, 0.29) is 0 Å². The molecule has 0 aliphatic carbocycles. The zero-order valence-electron chi connectivity index (χ0n) is 10.4. The Bertz CT molecular complexity index is 352. The predicted molar refractivity (Wildman–Crippen MR) is 69.8 cm³/mol. The van der Waals surface area contributed by atoms with Gasteiger partial charge in [0.2, 0.25) is 0 Å². The normalized spacial score (nSPS) is 27.1. The summed E-state index contributed by atoms with van der Waals surface area (Å²) in [6, 6.07) is 9.27. The summed E-state index contributed by atoms with van der Waals surface area (Å²) in [5.74, 6) is 0. The average molecular weight is 219 g/mol. The number of hydrogen-bond acceptors (Lipinski definition) is 3. The van der Waals surface area contributed by atoms with Gasteiger partial charge in [-0.25, -0.2) is 0 Å². The second kappa shape index (κ2) is 4.34. The number of hydrogen-bond donors (Lipinski definition) is 1. The molecular formula is C13H21N3. The van der Waals surface area contributed by atoms with Crippen molar-refractivity contribution in [2.24, 2.45) is 0 Å². The highest BCUT2D eigenvalue weighted by atomic mass is 15.3. The fourth-order valence-corrected chi connectivity index (χ4v) is 2.38. The van der Waals surface area contributed by atoms with E-state index in [0.717, 1.165) is 18.8 Å². The summed E-state index contributed by atoms with van der Waals surface area (Å²) in [6.07, 6.45) is 0. The first kappa shape index (κ1) is 11.3. The summed E-state index contributed by atoms with van der Waals surface area (Å²) in [5, 5.41) is 0. The highest BCUT2D eigenvalue weighted by molar-refractivity contribution is 5.67. The van der Waals surface area contributed by atoms with Gasteiger partial charge in [-0.3, -0.25) is 4.90 Å². The van der Waals surface area contributed by atoms with Crippen LogP contribution in [0.5, 0.6) is 0 Å². The van der Waals surface area contributed by atoms with Crippen molar-refractivity contribution >= 4 is 11.4 Å². The van der Waals surface area contributed by atoms with E-state index in [4.69, 9.17) is 5.73 Å². The fraction of sp³-hybridized carbons (Fsp3) is 0.538. The van der Waals surface area contributed by atoms with Crippen LogP contribution in [0.2, 0.25) is 0 Å². The van der Waals surface area contributed by atoms with E-state index in [9.17, 15) is 0 Å². The number of nitrogen functional groups attached to an aromatic ring is 1. The quantitative estimate of drug-likeness (QED) is 0.731. The van der Waals surface area contributed by atoms with E-state index >= 15 is 0 Å². The Morgan fingerprint density at radius 2 is 1.69 bits per heavy atom. The monoisotopic (exact) mass is 219 g/mol. The first-order valence-corrected chi connectivity index (χ1v) is 5.91. The van der Waals surface area contributed by atoms with Gasteiger partial charge < -0.3 is 10.6 Å². The zero-order chi connectivity index (χ0) is 11.7. The van der Waals surface area contributed by atoms with Crippen LogP contribution in [-0.2, 0) is 0 Å². The van der Waals surface area contributed by atoms with Crippen LogP contribution in [0.25, 0.3) is 0 Å². The van der Waals surface area contributed by atoms with Crippen LogP contribution in [0, 0.1) is 0 Å². The lowest BCUT2D eigenvalue weighted by molar-refractivity contribution is 0.170. The number of likely N-dealkylation sites (N-methyl/N-ethyl adjacent to an activating group) is 1. The highest BCUT2D eigenvalue weighted by Gasteiger charge is 2.27. The molecular weight excluding hydrogens is 198 g/mol. The minimum absolute atomic E-state index is 0.573. The van der Waals surface area contributed by atoms with E-state index in [0.29, 0.717) is 12.1 Å². The van der Waals surface area contributed by atoms with Crippen molar-refractivity contribution in [2.75, 3.05) is 30.8 Å². The van der Waals surface area contributed by atoms with E-state index in [1.54, 1.807) is 0 Å². The Morgan fingerprint density at radius 3 is 2.25 bits per heavy atom. The number of anilines is 2. The predicted octanol–water partition coefficient (Wildman–Crippen LogP) is 1.80. The summed E-state index contributed by atoms with van der Waals surface area (Å²) < 4.78 is 0. The molecule has 1 saturated heterocycles. The molecule has 1 aliphatic rings. The molecule has 1 fully saturated rings. The van der Waals surface area contributed by atoms with Gasteiger partial charge in [-0.05, 0) is 33.0 Å². The molecule has 0 radical (unpaired) electrons. The molecule has 1 aromatic carbocycles. The van der Waals surface area contributed by atoms with Crippen LogP contribution < -0.4 is 10.6 Å². The largest absolute Gasteiger partial charge is 0.397 e. The van der Waals surface area contributed by atoms with Crippen LogP contribution in [0.4, 0.5) is 11.4 Å². The van der Waals surface area contributed by atoms with Crippen molar-refractivity contribution in [3.63, 3.8) is 0 Å². The van der Waals surface area contributed by atoms with Gasteiger partial charge in [0.15, 0.2) is 0 Å². The molecule has 0 amide bonds. The number of nitrogens with zero attached hydrogens (tertiary/aromatic N) is 2. The smallest absolute Gasteiger partial charge is 0.0601 e. The Labute approximate surface area is 97.8 Å². The van der Waals surface area contributed by atoms with E-state index in [1.165, 1.54) is 5.69 Å². The fourth-order valence-electron chi connectivity index (χ4n) is 2.38. The summed E-state index contributed by atoms with van der Waals surface area (Å²) in [4.78, 5) is 4.82. The number of para-hydroxylation sites is 2. The van der Waals surface area contributed by atoms with Crippen LogP contribution in [0.3, 0.4) is 0 Å². The maximum atomic E-state index is 6.02. The van der Waals surface area contributed by atoms with Gasteiger partial charge in [-0.1, -0.05) is 12.1 Å². The third-order valence-corrected chi connectivity index (χ3v) is 3.64. The van der Waals surface area contributed by atoms with Gasteiger partial charge in [0.25, 0.3) is 0 Å². The van der Waals surface area contributed by atoms with E-state index in [2.05, 4.69) is 42.8 Å². The standard InChI is InChI=1S/C13H21N3/c1-10-8-16(9-11(2)15(10)3)13-7-5-4-6-12(13)14/h4-7,10-11H,8-9,14H2,1-3H3. The van der Waals surface area contributed by atoms with Crippen molar-refractivity contribution in [1.82, 2.24) is 4.90 Å². The first-order chi connectivity index (χ1) is 7.59. The van der Waals surface area contributed by atoms with Crippen LogP contribution in [-0.4, -0.2) is 37.1 Å². The zero-order valence-corrected chi connectivity index (χ0v) is 10.4. The molecule has 0 aromatic heterocycles. The molecule has 3 heteroatoms. The van der Waals surface area contributed by atoms with Gasteiger partial charge >= 0.3 is 0 Å². The molecule has 2 atom stereocenters. The second-order valence-corrected chi connectivity index (χ2v) is 4.83. The van der Waals surface area contributed by atoms with Crippen LogP contribution >= 0.6 is 0 Å². The maximum Gasteiger partial charge on any atom is 0.0601 e. The summed E-state index contributed by atoms with van der Waals surface area (Å²) in [5.41, 5.74) is 8.08. The van der Waals surface area contributed by atoms with E-state index < -0.39 is 0 Å². The third-order valence-electron chi connectivity index (χ3n) is 3.64. The molecule has 1 heterocycles. The number of piperazine rings is 1. The molecule has 0 saturated carbocycles. The van der Waals surface area contributed by atoms with Gasteiger partial charge in [-0.15, -0.1) is 0 Å². The molecule has 1 aromatic rings. The van der Waals surface area contributed by atoms with Crippen LogP contribution in [0.15, 0.2) is 24.3 Å². The molecule has 2 unspecified atom stereocenters. The van der Waals surface area contributed by atoms with Crippen molar-refractivity contribution in [3.05, 3.63) is 24.3 Å². The molecule has 0 spiro atoms. The number of benzene rings is 1. The lowest BCUT2D eigenvalue weighted by Crippen LogP contribution is -2.55. The van der Waals surface area contributed by atoms with Gasteiger partial charge in [-0.2, -0.15) is 0 Å². The SMILES string of the molecule is CC1CN(c2ccccc2N)CC(C)N1C. The molecule has 1 aliphatic heterocycles. The molecule has 2 N–H and O–H groups in total. The molecule has 2 rings (SSSR count). The average Bonchev–Trinajstić information content (AvgIpc) is 2.26. The molecule has 3 nitrogen and oxygen atoms in total. The Kier molecular flexibility index (Phi) is 3.06. The topological polar surface area (TPSA) is 32.5 Å². The molecule has 88 valence electrons. The number of nitrogens with two attached hydrogens (primary N) is 1. The number of rotatable bonds is 1. The molecule has 0 bridgehead atoms. The lowest BCUT2D eigenvalue weighted by Gasteiger charge is -2.43. The summed E-state index contributed by atoms with van der Waals surface area (Å²) in [6.45, 7) is 6.63. The van der Waals surface area contributed by atoms with Crippen molar-refractivity contribution in [2.45, 2.75) is 25.9 Å². The third kappa shape index (κ3) is 2.00. The summed E-state index contributed by atoms with van der Waals surface area (Å²) >= 11 is 0.